The van der Waals surface area contributed by atoms with Crippen molar-refractivity contribution in [1.82, 2.24) is 0 Å². The summed E-state index contributed by atoms with van der Waals surface area (Å²) in [6.45, 7) is 4.39. The number of aryl methyl sites for hydroxylation is 2. The standard InChI is InChI=1S/C29H27N2.BF4/c1-22-13-9-11-19-26(22)30-21-31(27-20-12-10-14-23(27)2)29(25-17-7-4-8-18-25)28(30)24-15-5-3-6-16-24;2-1(3,4)5/h3-21,28-29H,1-2H3;/q+1;-1. The van der Waals surface area contributed by atoms with Gasteiger partial charge in [-0.15, -0.1) is 0 Å². The molecule has 0 N–H and O–H groups in total. The van der Waals surface area contributed by atoms with Crippen LogP contribution in [0.1, 0.15) is 34.3 Å². The average Bonchev–Trinajstić information content (AvgIpc) is 3.25. The molecule has 0 fully saturated rings. The lowest BCUT2D eigenvalue weighted by atomic mass is 9.92. The summed E-state index contributed by atoms with van der Waals surface area (Å²) in [7, 11) is -6.00. The van der Waals surface area contributed by atoms with Crippen LogP contribution in [0.15, 0.2) is 109 Å². The first-order chi connectivity index (χ1) is 17.2. The molecule has 0 aromatic heterocycles. The molecule has 1 aliphatic heterocycles. The highest BCUT2D eigenvalue weighted by molar-refractivity contribution is 6.50. The van der Waals surface area contributed by atoms with E-state index in [-0.39, 0.29) is 12.1 Å². The number of benzene rings is 4. The molecule has 0 bridgehead atoms. The fraction of sp³-hybridized carbons (Fsp3) is 0.138. The Balaban J connectivity index is 0.000000556. The highest BCUT2D eigenvalue weighted by Gasteiger charge is 2.46. The van der Waals surface area contributed by atoms with E-state index in [4.69, 9.17) is 0 Å². The maximum atomic E-state index is 9.75. The molecule has 0 spiro atoms. The van der Waals surface area contributed by atoms with Gasteiger partial charge >= 0.3 is 7.25 Å². The third kappa shape index (κ3) is 5.85. The second-order valence-electron chi connectivity index (χ2n) is 8.71. The fourth-order valence-corrected chi connectivity index (χ4v) is 4.70. The molecule has 0 amide bonds. The van der Waals surface area contributed by atoms with Crippen LogP contribution >= 0.6 is 0 Å². The smallest absolute Gasteiger partial charge is 0.418 e. The molecule has 5 rings (SSSR count). The van der Waals surface area contributed by atoms with Crippen LogP contribution in [0.25, 0.3) is 0 Å². The quantitative estimate of drug-likeness (QED) is 0.159. The molecule has 2 nitrogen and oxygen atoms in total. The van der Waals surface area contributed by atoms with Crippen LogP contribution in [0.4, 0.5) is 28.6 Å². The van der Waals surface area contributed by atoms with Crippen molar-refractivity contribution in [2.75, 3.05) is 4.90 Å². The first kappa shape index (κ1) is 25.2. The minimum absolute atomic E-state index is 0.157. The molecular weight excluding hydrogens is 463 g/mol. The van der Waals surface area contributed by atoms with Crippen LogP contribution in [0.5, 0.6) is 0 Å². The van der Waals surface area contributed by atoms with Gasteiger partial charge in [0.25, 0.3) is 0 Å². The molecule has 0 saturated carbocycles. The Morgan fingerprint density at radius 1 is 0.611 bits per heavy atom. The van der Waals surface area contributed by atoms with Crippen molar-refractivity contribution >= 4 is 25.0 Å². The lowest BCUT2D eigenvalue weighted by molar-refractivity contribution is -0.481. The Labute approximate surface area is 209 Å². The third-order valence-corrected chi connectivity index (χ3v) is 6.22. The summed E-state index contributed by atoms with van der Waals surface area (Å²) in [5.74, 6) is 0. The van der Waals surface area contributed by atoms with E-state index in [0.29, 0.717) is 0 Å². The summed E-state index contributed by atoms with van der Waals surface area (Å²) >= 11 is 0. The SMILES string of the molecule is Cc1ccccc1N1C=[N+](c2ccccc2C)C(c2ccccc2)C1c1ccccc1.F[B-](F)(F)F. The summed E-state index contributed by atoms with van der Waals surface area (Å²) in [6.07, 6.45) is 2.31. The molecule has 1 aliphatic rings. The monoisotopic (exact) mass is 490 g/mol. The van der Waals surface area contributed by atoms with Crippen LogP contribution < -0.4 is 4.90 Å². The zero-order valence-corrected chi connectivity index (χ0v) is 20.1. The van der Waals surface area contributed by atoms with Crippen molar-refractivity contribution in [1.29, 1.82) is 0 Å². The number of rotatable bonds is 4. The predicted molar refractivity (Wildman–Crippen MR) is 139 cm³/mol. The Morgan fingerprint density at radius 2 is 1.08 bits per heavy atom. The second-order valence-corrected chi connectivity index (χ2v) is 8.71. The zero-order chi connectivity index (χ0) is 25.7. The molecule has 2 atom stereocenters. The average molecular weight is 490 g/mol. The fourth-order valence-electron chi connectivity index (χ4n) is 4.70. The molecule has 4 aromatic rings. The number of hydrogen-bond donors (Lipinski definition) is 0. The van der Waals surface area contributed by atoms with Crippen LogP contribution in [0, 0.1) is 13.8 Å². The van der Waals surface area contributed by atoms with Gasteiger partial charge in [-0.25, -0.2) is 9.48 Å². The highest BCUT2D eigenvalue weighted by Crippen LogP contribution is 2.45. The van der Waals surface area contributed by atoms with Gasteiger partial charge in [-0.1, -0.05) is 97.1 Å². The zero-order valence-electron chi connectivity index (χ0n) is 20.1. The molecule has 0 saturated heterocycles. The third-order valence-electron chi connectivity index (χ3n) is 6.22. The Bertz CT molecular complexity index is 1320. The van der Waals surface area contributed by atoms with E-state index in [2.05, 4.69) is 139 Å². The molecule has 4 aromatic carbocycles. The van der Waals surface area contributed by atoms with Gasteiger partial charge in [0.15, 0.2) is 12.1 Å². The Hall–Kier alpha value is -3.87. The van der Waals surface area contributed by atoms with Crippen LogP contribution in [-0.4, -0.2) is 18.2 Å². The maximum absolute atomic E-state index is 9.75. The molecule has 0 radical (unpaired) electrons. The minimum atomic E-state index is -6.00. The highest BCUT2D eigenvalue weighted by atomic mass is 19.5. The number of halogens is 4. The van der Waals surface area contributed by atoms with Gasteiger partial charge in [0.05, 0.1) is 0 Å². The minimum Gasteiger partial charge on any atom is -0.418 e. The van der Waals surface area contributed by atoms with E-state index in [1.54, 1.807) is 0 Å². The summed E-state index contributed by atoms with van der Waals surface area (Å²) in [5.41, 5.74) is 7.66. The number of hydrogen-bond acceptors (Lipinski definition) is 1. The summed E-state index contributed by atoms with van der Waals surface area (Å²) in [4.78, 5) is 2.45. The van der Waals surface area contributed by atoms with Gasteiger partial charge in [0.2, 0.25) is 6.34 Å². The van der Waals surface area contributed by atoms with Crippen molar-refractivity contribution in [2.24, 2.45) is 0 Å². The lowest BCUT2D eigenvalue weighted by Crippen LogP contribution is -2.26. The van der Waals surface area contributed by atoms with Gasteiger partial charge in [-0.3, -0.25) is 0 Å². The second kappa shape index (κ2) is 10.8. The van der Waals surface area contributed by atoms with Gasteiger partial charge in [-0.05, 0) is 37.1 Å². The molecule has 36 heavy (non-hydrogen) atoms. The van der Waals surface area contributed by atoms with E-state index in [9.17, 15) is 17.3 Å². The number of nitrogens with zero attached hydrogens (tertiary/aromatic N) is 2. The van der Waals surface area contributed by atoms with E-state index >= 15 is 0 Å². The summed E-state index contributed by atoms with van der Waals surface area (Å²) < 4.78 is 41.5. The number of para-hydroxylation sites is 2. The Morgan fingerprint density at radius 3 is 1.64 bits per heavy atom. The van der Waals surface area contributed by atoms with Crippen molar-refractivity contribution in [3.8, 4) is 0 Å². The van der Waals surface area contributed by atoms with Crippen LogP contribution in [0.3, 0.4) is 0 Å². The van der Waals surface area contributed by atoms with Crippen molar-refractivity contribution in [3.63, 3.8) is 0 Å². The number of anilines is 1. The first-order valence-corrected chi connectivity index (χ1v) is 11.7. The topological polar surface area (TPSA) is 6.25 Å². The molecule has 1 heterocycles. The molecular formula is C29H27BF4N2. The summed E-state index contributed by atoms with van der Waals surface area (Å²) in [6, 6.07) is 39.4. The molecule has 7 heteroatoms. The largest absolute Gasteiger partial charge is 0.673 e. The molecule has 2 unspecified atom stereocenters. The van der Waals surface area contributed by atoms with Gasteiger partial charge in [0.1, 0.15) is 11.4 Å². The normalized spacial score (nSPS) is 17.3. The van der Waals surface area contributed by atoms with E-state index < -0.39 is 7.25 Å². The lowest BCUT2D eigenvalue weighted by Gasteiger charge is -2.25. The Kier molecular flexibility index (Phi) is 7.58. The van der Waals surface area contributed by atoms with Gasteiger partial charge in [-0.2, -0.15) is 0 Å². The molecule has 0 aliphatic carbocycles. The van der Waals surface area contributed by atoms with E-state index in [1.165, 1.54) is 33.6 Å². The maximum Gasteiger partial charge on any atom is 0.673 e. The predicted octanol–water partition coefficient (Wildman–Crippen LogP) is 8.28. The van der Waals surface area contributed by atoms with Crippen molar-refractivity contribution < 1.29 is 21.8 Å². The molecule has 184 valence electrons. The van der Waals surface area contributed by atoms with Gasteiger partial charge < -0.3 is 17.3 Å². The van der Waals surface area contributed by atoms with Gasteiger partial charge in [0, 0.05) is 11.1 Å². The first-order valence-electron chi connectivity index (χ1n) is 11.7. The van der Waals surface area contributed by atoms with Crippen molar-refractivity contribution in [3.05, 3.63) is 131 Å². The summed E-state index contributed by atoms with van der Waals surface area (Å²) in [5, 5.41) is 0. The van der Waals surface area contributed by atoms with Crippen molar-refractivity contribution in [2.45, 2.75) is 25.9 Å². The van der Waals surface area contributed by atoms with Crippen LogP contribution in [0.2, 0.25) is 0 Å². The van der Waals surface area contributed by atoms with Crippen LogP contribution in [-0.2, 0) is 0 Å². The van der Waals surface area contributed by atoms with E-state index in [0.717, 1.165) is 0 Å². The van der Waals surface area contributed by atoms with E-state index in [1.807, 2.05) is 0 Å².